The fourth-order valence-electron chi connectivity index (χ4n) is 1.99. The average molecular weight is 379 g/mol. The minimum atomic E-state index is -4.58. The van der Waals surface area contributed by atoms with Gasteiger partial charge in [0.25, 0.3) is 7.82 Å². The SMILES string of the molecule is COP(=O)([O-])O[C@@]1(COC(=O)C(C)C)C/C1=C/n1ccc(N)nc1=O.[Li+]. The molecule has 0 aromatic carbocycles. The number of phosphoric ester groups is 1. The first kappa shape index (κ1) is 22.6. The predicted octanol–water partition coefficient (Wildman–Crippen LogP) is -2.86. The Labute approximate surface area is 162 Å². The van der Waals surface area contributed by atoms with E-state index in [1.54, 1.807) is 13.8 Å². The number of hydrogen-bond donors (Lipinski definition) is 1. The van der Waals surface area contributed by atoms with E-state index >= 15 is 0 Å². The van der Waals surface area contributed by atoms with Crippen molar-refractivity contribution in [1.29, 1.82) is 0 Å². The zero-order chi connectivity index (χ0) is 18.8. The van der Waals surface area contributed by atoms with Crippen LogP contribution in [-0.2, 0) is 23.1 Å². The van der Waals surface area contributed by atoms with Gasteiger partial charge in [0, 0.05) is 25.9 Å². The van der Waals surface area contributed by atoms with Crippen molar-refractivity contribution < 1.29 is 46.9 Å². The summed E-state index contributed by atoms with van der Waals surface area (Å²) in [7, 11) is -3.62. The summed E-state index contributed by atoms with van der Waals surface area (Å²) in [6.07, 6.45) is 2.90. The Bertz CT molecular complexity index is 810. The van der Waals surface area contributed by atoms with Crippen LogP contribution in [0.15, 0.2) is 22.6 Å². The van der Waals surface area contributed by atoms with Crippen LogP contribution < -0.4 is 35.2 Å². The Kier molecular flexibility index (Phi) is 7.42. The standard InChI is InChI=1S/C14H20N3O7P.Li/c1-9(2)12(18)23-8-14(24-25(20,21)22-3)6-10(14)7-17-5-4-11(15)16-13(17)19;/h4-5,7,9H,6,8H2,1-3H3,(H,20,21)(H2,15,16,19);/q;+1/p-1/b10-7-;/t14-;/m1./s1. The number of anilines is 1. The minimum Gasteiger partial charge on any atom is -0.756 e. The first-order valence-electron chi connectivity index (χ1n) is 7.38. The molecule has 1 unspecified atom stereocenters. The number of nitrogens with two attached hydrogens (primary N) is 1. The third kappa shape index (κ3) is 5.55. The number of carbonyl (C=O) groups is 1. The van der Waals surface area contributed by atoms with E-state index in [1.165, 1.54) is 18.5 Å². The van der Waals surface area contributed by atoms with Gasteiger partial charge in [0.15, 0.2) is 0 Å². The molecule has 0 aliphatic heterocycles. The van der Waals surface area contributed by atoms with Gasteiger partial charge in [0.05, 0.1) is 5.92 Å². The van der Waals surface area contributed by atoms with Crippen molar-refractivity contribution in [2.24, 2.45) is 5.92 Å². The third-order valence-corrected chi connectivity index (χ3v) is 4.53. The number of aromatic nitrogens is 2. The molecule has 0 radical (unpaired) electrons. The molecular weight excluding hydrogens is 360 g/mol. The molecule has 1 fully saturated rings. The Morgan fingerprint density at radius 3 is 2.77 bits per heavy atom. The van der Waals surface area contributed by atoms with Gasteiger partial charge >= 0.3 is 30.5 Å². The van der Waals surface area contributed by atoms with Crippen molar-refractivity contribution in [3.63, 3.8) is 0 Å². The molecule has 0 saturated heterocycles. The molecule has 1 aromatic heterocycles. The first-order valence-corrected chi connectivity index (χ1v) is 8.84. The van der Waals surface area contributed by atoms with Crippen LogP contribution in [0.3, 0.4) is 0 Å². The molecule has 1 heterocycles. The van der Waals surface area contributed by atoms with Crippen LogP contribution >= 0.6 is 7.82 Å². The molecule has 0 bridgehead atoms. The van der Waals surface area contributed by atoms with Crippen molar-refractivity contribution >= 4 is 25.8 Å². The van der Waals surface area contributed by atoms with E-state index in [1.807, 2.05) is 0 Å². The molecule has 2 atom stereocenters. The fraction of sp³-hybridized carbons (Fsp3) is 0.500. The third-order valence-electron chi connectivity index (χ3n) is 3.51. The second-order valence-corrected chi connectivity index (χ2v) is 7.29. The number of hydrogen-bond acceptors (Lipinski definition) is 9. The van der Waals surface area contributed by atoms with Crippen molar-refractivity contribution in [2.75, 3.05) is 19.5 Å². The van der Waals surface area contributed by atoms with Crippen molar-refractivity contribution in [3.05, 3.63) is 28.3 Å². The molecule has 138 valence electrons. The van der Waals surface area contributed by atoms with Gasteiger partial charge in [-0.15, -0.1) is 0 Å². The maximum Gasteiger partial charge on any atom is 1.00 e. The van der Waals surface area contributed by atoms with Gasteiger partial charge in [-0.1, -0.05) is 13.8 Å². The van der Waals surface area contributed by atoms with E-state index < -0.39 is 25.1 Å². The summed E-state index contributed by atoms with van der Waals surface area (Å²) in [5, 5.41) is 0. The number of phosphoric acid groups is 1. The number of rotatable bonds is 7. The van der Waals surface area contributed by atoms with Gasteiger partial charge in [-0.3, -0.25) is 13.9 Å². The average Bonchev–Trinajstić information content (AvgIpc) is 3.19. The van der Waals surface area contributed by atoms with Gasteiger partial charge in [-0.2, -0.15) is 4.98 Å². The number of nitrogens with zero attached hydrogens (tertiary/aromatic N) is 2. The van der Waals surface area contributed by atoms with E-state index in [4.69, 9.17) is 15.0 Å². The molecule has 26 heavy (non-hydrogen) atoms. The van der Waals surface area contributed by atoms with E-state index in [9.17, 15) is 19.0 Å². The van der Waals surface area contributed by atoms with Crippen LogP contribution in [0.25, 0.3) is 6.20 Å². The summed E-state index contributed by atoms with van der Waals surface area (Å²) < 4.78 is 27.2. The predicted molar refractivity (Wildman–Crippen MR) is 86.0 cm³/mol. The molecule has 1 aliphatic rings. The van der Waals surface area contributed by atoms with Crippen LogP contribution in [0.5, 0.6) is 0 Å². The normalized spacial score (nSPS) is 22.6. The molecule has 2 rings (SSSR count). The van der Waals surface area contributed by atoms with Crippen LogP contribution in [0, 0.1) is 5.92 Å². The maximum absolute atomic E-state index is 11.8. The first-order chi connectivity index (χ1) is 11.6. The van der Waals surface area contributed by atoms with Gasteiger partial charge in [-0.25, -0.2) is 4.79 Å². The number of esters is 1. The van der Waals surface area contributed by atoms with Crippen molar-refractivity contribution in [2.45, 2.75) is 25.9 Å². The van der Waals surface area contributed by atoms with Gasteiger partial charge in [0.1, 0.15) is 18.0 Å². The summed E-state index contributed by atoms with van der Waals surface area (Å²) in [5.41, 5.74) is 3.83. The molecule has 1 aliphatic carbocycles. The van der Waals surface area contributed by atoms with E-state index in [-0.39, 0.29) is 43.6 Å². The van der Waals surface area contributed by atoms with Gasteiger partial charge < -0.3 is 24.4 Å². The topological polar surface area (TPSA) is 146 Å². The van der Waals surface area contributed by atoms with E-state index in [2.05, 4.69) is 9.51 Å². The summed E-state index contributed by atoms with van der Waals surface area (Å²) in [5.74, 6) is -0.820. The summed E-state index contributed by atoms with van der Waals surface area (Å²) in [6, 6.07) is 1.41. The van der Waals surface area contributed by atoms with E-state index in [0.717, 1.165) is 11.7 Å². The van der Waals surface area contributed by atoms with Gasteiger partial charge in [0.2, 0.25) is 0 Å². The molecule has 2 N–H and O–H groups in total. The molecule has 1 saturated carbocycles. The van der Waals surface area contributed by atoms with Crippen molar-refractivity contribution in [1.82, 2.24) is 9.55 Å². The Morgan fingerprint density at radius 1 is 1.58 bits per heavy atom. The quantitative estimate of drug-likeness (QED) is 0.300. The molecule has 0 amide bonds. The van der Waals surface area contributed by atoms with Crippen molar-refractivity contribution in [3.8, 4) is 0 Å². The Morgan fingerprint density at radius 2 is 2.23 bits per heavy atom. The maximum atomic E-state index is 11.8. The Balaban J connectivity index is 0.00000338. The fourth-order valence-corrected chi connectivity index (χ4v) is 2.72. The zero-order valence-electron chi connectivity index (χ0n) is 15.0. The number of carbonyl (C=O) groups excluding carboxylic acids is 1. The molecule has 10 nitrogen and oxygen atoms in total. The van der Waals surface area contributed by atoms with Crippen LogP contribution in [-0.4, -0.2) is 34.8 Å². The van der Waals surface area contributed by atoms with Crippen LogP contribution in [0.4, 0.5) is 5.82 Å². The Hall–Kier alpha value is -1.40. The second kappa shape index (κ2) is 8.52. The van der Waals surface area contributed by atoms with E-state index in [0.29, 0.717) is 5.57 Å². The molecular formula is C14H19LiN3O7P. The molecule has 0 spiro atoms. The zero-order valence-corrected chi connectivity index (χ0v) is 15.9. The van der Waals surface area contributed by atoms with Gasteiger partial charge in [-0.05, 0) is 11.6 Å². The summed E-state index contributed by atoms with van der Waals surface area (Å²) >= 11 is 0. The monoisotopic (exact) mass is 379 g/mol. The minimum absolute atomic E-state index is 0. The van der Waals surface area contributed by atoms with Crippen LogP contribution in [0.2, 0.25) is 0 Å². The molecule has 1 aromatic rings. The largest absolute Gasteiger partial charge is 1.00 e. The number of nitrogen functional groups attached to an aromatic ring is 1. The summed E-state index contributed by atoms with van der Waals surface area (Å²) in [6.45, 7) is 2.97. The smallest absolute Gasteiger partial charge is 0.756 e. The van der Waals surface area contributed by atoms with Crippen LogP contribution in [0.1, 0.15) is 20.3 Å². The summed E-state index contributed by atoms with van der Waals surface area (Å²) in [4.78, 5) is 38.7. The second-order valence-electron chi connectivity index (χ2n) is 5.85. The number of ether oxygens (including phenoxy) is 1. The molecule has 12 heteroatoms.